The SMILES string of the molecule is CC(=O)N(c1ccc(Cl)cc1)C1CC(C)N(C(=O)c2ccc(N3CCN(CC(=O)O)CC3)cc2)c2ccccc21. The van der Waals surface area contributed by atoms with E-state index in [2.05, 4.69) is 4.90 Å². The summed E-state index contributed by atoms with van der Waals surface area (Å²) >= 11 is 6.10. The quantitative estimate of drug-likeness (QED) is 0.453. The Balaban J connectivity index is 1.37. The molecule has 208 valence electrons. The molecule has 40 heavy (non-hydrogen) atoms. The van der Waals surface area contributed by atoms with Crippen LogP contribution < -0.4 is 14.7 Å². The Bertz CT molecular complexity index is 1390. The Morgan fingerprint density at radius 1 is 0.925 bits per heavy atom. The molecule has 0 spiro atoms. The summed E-state index contributed by atoms with van der Waals surface area (Å²) in [5.41, 5.74) is 4.10. The van der Waals surface area contributed by atoms with Crippen LogP contribution in [0, 0.1) is 0 Å². The minimum atomic E-state index is -0.810. The van der Waals surface area contributed by atoms with Crippen molar-refractivity contribution in [3.63, 3.8) is 0 Å². The second-order valence-corrected chi connectivity index (χ2v) is 10.8. The van der Waals surface area contributed by atoms with E-state index in [1.54, 1.807) is 24.0 Å². The molecule has 0 aliphatic carbocycles. The number of benzene rings is 3. The van der Waals surface area contributed by atoms with Gasteiger partial charge in [-0.25, -0.2) is 0 Å². The third kappa shape index (κ3) is 5.69. The van der Waals surface area contributed by atoms with E-state index in [0.29, 0.717) is 30.1 Å². The van der Waals surface area contributed by atoms with Crippen LogP contribution in [0.5, 0.6) is 0 Å². The van der Waals surface area contributed by atoms with Crippen molar-refractivity contribution in [2.45, 2.75) is 32.4 Å². The van der Waals surface area contributed by atoms with E-state index in [-0.39, 0.29) is 30.4 Å². The normalized spacial score (nSPS) is 19.2. The maximum atomic E-state index is 13.9. The predicted octanol–water partition coefficient (Wildman–Crippen LogP) is 5.08. The molecule has 3 aromatic carbocycles. The average molecular weight is 561 g/mol. The van der Waals surface area contributed by atoms with E-state index in [1.165, 1.54) is 0 Å². The molecule has 2 aliphatic rings. The summed E-state index contributed by atoms with van der Waals surface area (Å²) in [6.45, 7) is 6.48. The number of carbonyl (C=O) groups excluding carboxylic acids is 2. The van der Waals surface area contributed by atoms with Crippen molar-refractivity contribution < 1.29 is 19.5 Å². The van der Waals surface area contributed by atoms with Crippen LogP contribution in [0.1, 0.15) is 42.2 Å². The summed E-state index contributed by atoms with van der Waals surface area (Å²) < 4.78 is 0. The molecule has 2 aliphatic heterocycles. The molecular weight excluding hydrogens is 528 g/mol. The first-order chi connectivity index (χ1) is 19.2. The van der Waals surface area contributed by atoms with Crippen LogP contribution in [0.4, 0.5) is 17.1 Å². The number of piperazine rings is 1. The van der Waals surface area contributed by atoms with Gasteiger partial charge in [-0.2, -0.15) is 0 Å². The predicted molar refractivity (Wildman–Crippen MR) is 157 cm³/mol. The minimum absolute atomic E-state index is 0.0570. The van der Waals surface area contributed by atoms with Crippen LogP contribution in [-0.2, 0) is 9.59 Å². The van der Waals surface area contributed by atoms with Crippen LogP contribution in [0.3, 0.4) is 0 Å². The van der Waals surface area contributed by atoms with Crippen molar-refractivity contribution in [3.8, 4) is 0 Å². The smallest absolute Gasteiger partial charge is 0.317 e. The number of carboxylic acids is 1. The molecule has 1 fully saturated rings. The van der Waals surface area contributed by atoms with Crippen molar-refractivity contribution >= 4 is 46.4 Å². The number of hydrogen-bond donors (Lipinski definition) is 1. The van der Waals surface area contributed by atoms with Gasteiger partial charge in [0.2, 0.25) is 5.91 Å². The van der Waals surface area contributed by atoms with Crippen LogP contribution in [0.2, 0.25) is 5.02 Å². The van der Waals surface area contributed by atoms with Gasteiger partial charge >= 0.3 is 5.97 Å². The summed E-state index contributed by atoms with van der Waals surface area (Å²) in [7, 11) is 0. The lowest BCUT2D eigenvalue weighted by atomic mass is 9.89. The highest BCUT2D eigenvalue weighted by atomic mass is 35.5. The zero-order valence-electron chi connectivity index (χ0n) is 22.7. The summed E-state index contributed by atoms with van der Waals surface area (Å²) in [5.74, 6) is -0.972. The van der Waals surface area contributed by atoms with Crippen LogP contribution in [0.25, 0.3) is 0 Å². The molecule has 3 aromatic rings. The molecule has 0 aromatic heterocycles. The summed E-state index contributed by atoms with van der Waals surface area (Å²) in [6.07, 6.45) is 0.587. The number of fused-ring (bicyclic) bond motifs is 1. The molecular formula is C31H33ClN4O4. The molecule has 5 rings (SSSR count). The number of aliphatic carboxylic acids is 1. The highest BCUT2D eigenvalue weighted by Gasteiger charge is 2.38. The molecule has 0 saturated carbocycles. The van der Waals surface area contributed by atoms with Gasteiger partial charge < -0.3 is 19.8 Å². The van der Waals surface area contributed by atoms with Gasteiger partial charge in [-0.05, 0) is 73.5 Å². The van der Waals surface area contributed by atoms with Gasteiger partial charge in [0.25, 0.3) is 5.91 Å². The fourth-order valence-electron chi connectivity index (χ4n) is 5.83. The summed E-state index contributed by atoms with van der Waals surface area (Å²) in [5, 5.41) is 9.64. The maximum Gasteiger partial charge on any atom is 0.317 e. The molecule has 2 unspecified atom stereocenters. The van der Waals surface area contributed by atoms with E-state index >= 15 is 0 Å². The molecule has 2 amide bonds. The number of para-hydroxylation sites is 1. The lowest BCUT2D eigenvalue weighted by Crippen LogP contribution is -2.48. The topological polar surface area (TPSA) is 84.4 Å². The zero-order chi connectivity index (χ0) is 28.4. The average Bonchev–Trinajstić information content (AvgIpc) is 2.94. The fourth-order valence-corrected chi connectivity index (χ4v) is 5.95. The summed E-state index contributed by atoms with van der Waals surface area (Å²) in [6, 6.07) is 22.3. The number of anilines is 3. The van der Waals surface area contributed by atoms with Gasteiger partial charge in [0.15, 0.2) is 0 Å². The number of carbonyl (C=O) groups is 3. The van der Waals surface area contributed by atoms with Gasteiger partial charge in [-0.15, -0.1) is 0 Å². The monoisotopic (exact) mass is 560 g/mol. The van der Waals surface area contributed by atoms with Gasteiger partial charge in [-0.1, -0.05) is 29.8 Å². The number of halogens is 1. The fraction of sp³-hybridized carbons (Fsp3) is 0.323. The van der Waals surface area contributed by atoms with Crippen molar-refractivity contribution in [3.05, 3.63) is 88.9 Å². The molecule has 8 nitrogen and oxygen atoms in total. The number of nitrogens with zero attached hydrogens (tertiary/aromatic N) is 4. The van der Waals surface area contributed by atoms with Gasteiger partial charge in [0.05, 0.1) is 12.6 Å². The van der Waals surface area contributed by atoms with Crippen molar-refractivity contribution in [2.75, 3.05) is 47.4 Å². The van der Waals surface area contributed by atoms with E-state index < -0.39 is 5.97 Å². The molecule has 9 heteroatoms. The lowest BCUT2D eigenvalue weighted by molar-refractivity contribution is -0.138. The molecule has 1 saturated heterocycles. The third-order valence-electron chi connectivity index (χ3n) is 7.75. The van der Waals surface area contributed by atoms with Crippen LogP contribution in [0.15, 0.2) is 72.8 Å². The number of amides is 2. The van der Waals surface area contributed by atoms with Gasteiger partial charge in [0.1, 0.15) is 0 Å². The Kier molecular flexibility index (Phi) is 8.09. The second kappa shape index (κ2) is 11.7. The van der Waals surface area contributed by atoms with Gasteiger partial charge in [0, 0.05) is 66.8 Å². The molecule has 2 heterocycles. The van der Waals surface area contributed by atoms with E-state index in [1.807, 2.05) is 77.4 Å². The first-order valence-corrected chi connectivity index (χ1v) is 13.9. The highest BCUT2D eigenvalue weighted by Crippen LogP contribution is 2.43. The number of carboxylic acid groups (broad SMARTS) is 1. The highest BCUT2D eigenvalue weighted by molar-refractivity contribution is 6.30. The Morgan fingerprint density at radius 3 is 2.20 bits per heavy atom. The first-order valence-electron chi connectivity index (χ1n) is 13.5. The lowest BCUT2D eigenvalue weighted by Gasteiger charge is -2.43. The zero-order valence-corrected chi connectivity index (χ0v) is 23.4. The van der Waals surface area contributed by atoms with Crippen molar-refractivity contribution in [1.29, 1.82) is 0 Å². The van der Waals surface area contributed by atoms with E-state index in [9.17, 15) is 14.4 Å². The van der Waals surface area contributed by atoms with Crippen molar-refractivity contribution in [2.24, 2.45) is 0 Å². The number of hydrogen-bond acceptors (Lipinski definition) is 5. The van der Waals surface area contributed by atoms with E-state index in [4.69, 9.17) is 16.7 Å². The molecule has 0 bridgehead atoms. The van der Waals surface area contributed by atoms with Crippen LogP contribution in [-0.4, -0.2) is 66.6 Å². The third-order valence-corrected chi connectivity index (χ3v) is 8.00. The number of rotatable bonds is 6. The first kappa shape index (κ1) is 27.7. The molecule has 0 radical (unpaired) electrons. The van der Waals surface area contributed by atoms with Crippen LogP contribution >= 0.6 is 11.6 Å². The minimum Gasteiger partial charge on any atom is -0.480 e. The Morgan fingerprint density at radius 2 is 1.57 bits per heavy atom. The molecule has 2 atom stereocenters. The second-order valence-electron chi connectivity index (χ2n) is 10.4. The van der Waals surface area contributed by atoms with E-state index in [0.717, 1.165) is 35.7 Å². The Hall–Kier alpha value is -3.88. The Labute approximate surface area is 239 Å². The van der Waals surface area contributed by atoms with Crippen molar-refractivity contribution in [1.82, 2.24) is 4.90 Å². The largest absolute Gasteiger partial charge is 0.480 e. The standard InChI is InChI=1S/C31H33ClN4O4/c1-21-19-29(36(22(2)37)26-13-9-24(32)10-14-26)27-5-3-4-6-28(27)35(21)31(40)23-7-11-25(12-8-23)34-17-15-33(16-18-34)20-30(38)39/h3-14,21,29H,15-20H2,1-2H3,(H,38,39). The summed E-state index contributed by atoms with van der Waals surface area (Å²) in [4.78, 5) is 45.5. The maximum absolute atomic E-state index is 13.9. The molecule has 1 N–H and O–H groups in total. The van der Waals surface area contributed by atoms with Gasteiger partial charge in [-0.3, -0.25) is 19.3 Å².